The molecule has 1 atom stereocenters. The van der Waals surface area contributed by atoms with Crippen LogP contribution >= 0.6 is 0 Å². The van der Waals surface area contributed by atoms with Crippen LogP contribution in [0.1, 0.15) is 52.9 Å². The zero-order valence-electron chi connectivity index (χ0n) is 10.8. The molecule has 0 radical (unpaired) electrons. The Morgan fingerprint density at radius 3 is 2.13 bits per heavy atom. The third-order valence-electron chi connectivity index (χ3n) is 3.22. The zero-order valence-corrected chi connectivity index (χ0v) is 10.8. The molecule has 2 nitrogen and oxygen atoms in total. The SMILES string of the molecule is CCC[C@H](CCO)CCCN(CC)CC. The van der Waals surface area contributed by atoms with Gasteiger partial charge in [-0.3, -0.25) is 0 Å². The molecule has 0 amide bonds. The summed E-state index contributed by atoms with van der Waals surface area (Å²) in [6.07, 6.45) is 6.08. The third-order valence-corrected chi connectivity index (χ3v) is 3.22. The van der Waals surface area contributed by atoms with Gasteiger partial charge in [0.15, 0.2) is 0 Å². The van der Waals surface area contributed by atoms with Gasteiger partial charge < -0.3 is 10.0 Å². The summed E-state index contributed by atoms with van der Waals surface area (Å²) in [6, 6.07) is 0. The maximum atomic E-state index is 8.95. The molecule has 0 aliphatic heterocycles. The summed E-state index contributed by atoms with van der Waals surface area (Å²) >= 11 is 0. The van der Waals surface area contributed by atoms with Gasteiger partial charge in [0, 0.05) is 6.61 Å². The Hall–Kier alpha value is -0.0800. The van der Waals surface area contributed by atoms with Crippen molar-refractivity contribution in [1.29, 1.82) is 0 Å². The molecule has 0 heterocycles. The van der Waals surface area contributed by atoms with Gasteiger partial charge in [-0.15, -0.1) is 0 Å². The van der Waals surface area contributed by atoms with Gasteiger partial charge in [0.2, 0.25) is 0 Å². The number of nitrogens with zero attached hydrogens (tertiary/aromatic N) is 1. The molecule has 92 valence electrons. The van der Waals surface area contributed by atoms with Crippen molar-refractivity contribution in [2.75, 3.05) is 26.2 Å². The van der Waals surface area contributed by atoms with Crippen LogP contribution in [0, 0.1) is 5.92 Å². The van der Waals surface area contributed by atoms with Gasteiger partial charge in [0.25, 0.3) is 0 Å². The molecular formula is C13H29NO. The zero-order chi connectivity index (χ0) is 11.5. The van der Waals surface area contributed by atoms with Crippen molar-refractivity contribution in [2.45, 2.75) is 52.9 Å². The standard InChI is InChI=1S/C13H29NO/c1-4-8-13(10-12-15)9-7-11-14(5-2)6-3/h13,15H,4-12H2,1-3H3/t13-/m0/s1. The van der Waals surface area contributed by atoms with E-state index in [1.807, 2.05) is 0 Å². The van der Waals surface area contributed by atoms with Gasteiger partial charge in [-0.25, -0.2) is 0 Å². The number of aliphatic hydroxyl groups excluding tert-OH is 1. The molecule has 15 heavy (non-hydrogen) atoms. The highest BCUT2D eigenvalue weighted by Crippen LogP contribution is 2.17. The fraction of sp³-hybridized carbons (Fsp3) is 1.00. The van der Waals surface area contributed by atoms with Crippen LogP contribution in [0.4, 0.5) is 0 Å². The lowest BCUT2D eigenvalue weighted by Crippen LogP contribution is -2.24. The Bertz CT molecular complexity index is 118. The van der Waals surface area contributed by atoms with E-state index in [0.29, 0.717) is 6.61 Å². The fourth-order valence-electron chi connectivity index (χ4n) is 2.17. The summed E-state index contributed by atoms with van der Waals surface area (Å²) < 4.78 is 0. The van der Waals surface area contributed by atoms with Crippen molar-refractivity contribution in [3.05, 3.63) is 0 Å². The molecule has 0 saturated heterocycles. The summed E-state index contributed by atoms with van der Waals surface area (Å²) in [5.74, 6) is 0.746. The summed E-state index contributed by atoms with van der Waals surface area (Å²) in [5.41, 5.74) is 0. The van der Waals surface area contributed by atoms with E-state index in [1.54, 1.807) is 0 Å². The van der Waals surface area contributed by atoms with Crippen LogP contribution in [-0.4, -0.2) is 36.2 Å². The van der Waals surface area contributed by atoms with Crippen molar-refractivity contribution in [3.63, 3.8) is 0 Å². The Morgan fingerprint density at radius 1 is 1.00 bits per heavy atom. The molecule has 0 rings (SSSR count). The van der Waals surface area contributed by atoms with Crippen LogP contribution in [0.15, 0.2) is 0 Å². The lowest BCUT2D eigenvalue weighted by Gasteiger charge is -2.20. The van der Waals surface area contributed by atoms with E-state index in [1.165, 1.54) is 32.2 Å². The van der Waals surface area contributed by atoms with Gasteiger partial charge >= 0.3 is 0 Å². The second-order valence-electron chi connectivity index (χ2n) is 4.34. The van der Waals surface area contributed by atoms with Gasteiger partial charge in [-0.05, 0) is 44.8 Å². The highest BCUT2D eigenvalue weighted by atomic mass is 16.3. The van der Waals surface area contributed by atoms with Crippen molar-refractivity contribution in [3.8, 4) is 0 Å². The van der Waals surface area contributed by atoms with Crippen molar-refractivity contribution >= 4 is 0 Å². The van der Waals surface area contributed by atoms with Crippen LogP contribution in [0.25, 0.3) is 0 Å². The van der Waals surface area contributed by atoms with Gasteiger partial charge in [-0.2, -0.15) is 0 Å². The maximum absolute atomic E-state index is 8.95. The van der Waals surface area contributed by atoms with Gasteiger partial charge in [0.1, 0.15) is 0 Å². The topological polar surface area (TPSA) is 23.5 Å². The minimum atomic E-state index is 0.357. The molecule has 0 saturated carbocycles. The Kier molecular flexibility index (Phi) is 10.4. The number of hydrogen-bond donors (Lipinski definition) is 1. The van der Waals surface area contributed by atoms with E-state index in [9.17, 15) is 0 Å². The van der Waals surface area contributed by atoms with E-state index < -0.39 is 0 Å². The average Bonchev–Trinajstić information content (AvgIpc) is 2.25. The summed E-state index contributed by atoms with van der Waals surface area (Å²) in [4.78, 5) is 2.47. The predicted molar refractivity (Wildman–Crippen MR) is 67.1 cm³/mol. The molecule has 0 aromatic carbocycles. The van der Waals surface area contributed by atoms with E-state index in [2.05, 4.69) is 25.7 Å². The molecule has 0 spiro atoms. The largest absolute Gasteiger partial charge is 0.396 e. The van der Waals surface area contributed by atoms with Gasteiger partial charge in [-0.1, -0.05) is 33.6 Å². The van der Waals surface area contributed by atoms with Crippen LogP contribution < -0.4 is 0 Å². The van der Waals surface area contributed by atoms with E-state index in [-0.39, 0.29) is 0 Å². The normalized spacial score (nSPS) is 13.4. The third kappa shape index (κ3) is 7.80. The van der Waals surface area contributed by atoms with Crippen molar-refractivity contribution in [1.82, 2.24) is 4.90 Å². The first kappa shape index (κ1) is 14.9. The fourth-order valence-corrected chi connectivity index (χ4v) is 2.17. The Morgan fingerprint density at radius 2 is 1.67 bits per heavy atom. The molecule has 0 aliphatic carbocycles. The highest BCUT2D eigenvalue weighted by Gasteiger charge is 2.07. The van der Waals surface area contributed by atoms with Crippen LogP contribution in [-0.2, 0) is 0 Å². The second-order valence-corrected chi connectivity index (χ2v) is 4.34. The summed E-state index contributed by atoms with van der Waals surface area (Å²) in [6.45, 7) is 10.6. The lowest BCUT2D eigenvalue weighted by atomic mass is 9.95. The molecule has 0 bridgehead atoms. The smallest absolute Gasteiger partial charge is 0.0433 e. The molecule has 0 aromatic rings. The first-order valence-corrected chi connectivity index (χ1v) is 6.61. The molecule has 0 aliphatic rings. The average molecular weight is 215 g/mol. The first-order chi connectivity index (χ1) is 7.28. The second kappa shape index (κ2) is 10.4. The Balaban J connectivity index is 3.59. The molecular weight excluding hydrogens is 186 g/mol. The molecule has 0 unspecified atom stereocenters. The van der Waals surface area contributed by atoms with Crippen LogP contribution in [0.5, 0.6) is 0 Å². The molecule has 0 aromatic heterocycles. The van der Waals surface area contributed by atoms with Crippen molar-refractivity contribution < 1.29 is 5.11 Å². The molecule has 1 N–H and O–H groups in total. The monoisotopic (exact) mass is 215 g/mol. The minimum absolute atomic E-state index is 0.357. The first-order valence-electron chi connectivity index (χ1n) is 6.61. The Labute approximate surface area is 95.7 Å². The molecule has 0 fully saturated rings. The lowest BCUT2D eigenvalue weighted by molar-refractivity contribution is 0.233. The van der Waals surface area contributed by atoms with E-state index >= 15 is 0 Å². The van der Waals surface area contributed by atoms with E-state index in [0.717, 1.165) is 25.4 Å². The minimum Gasteiger partial charge on any atom is -0.396 e. The summed E-state index contributed by atoms with van der Waals surface area (Å²) in [7, 11) is 0. The number of hydrogen-bond acceptors (Lipinski definition) is 2. The summed E-state index contributed by atoms with van der Waals surface area (Å²) in [5, 5.41) is 8.95. The quantitative estimate of drug-likeness (QED) is 0.606. The van der Waals surface area contributed by atoms with Crippen LogP contribution in [0.2, 0.25) is 0 Å². The predicted octanol–water partition coefficient (Wildman–Crippen LogP) is 2.91. The van der Waals surface area contributed by atoms with Gasteiger partial charge in [0.05, 0.1) is 0 Å². The maximum Gasteiger partial charge on any atom is 0.0433 e. The highest BCUT2D eigenvalue weighted by molar-refractivity contribution is 4.61. The number of aliphatic hydroxyl groups is 1. The van der Waals surface area contributed by atoms with Crippen molar-refractivity contribution in [2.24, 2.45) is 5.92 Å². The van der Waals surface area contributed by atoms with E-state index in [4.69, 9.17) is 5.11 Å². The number of rotatable bonds is 10. The molecule has 2 heteroatoms. The van der Waals surface area contributed by atoms with Crippen LogP contribution in [0.3, 0.4) is 0 Å².